The summed E-state index contributed by atoms with van der Waals surface area (Å²) in [5, 5.41) is 40.4. The maximum absolute atomic E-state index is 10.5. The van der Waals surface area contributed by atoms with E-state index in [9.17, 15) is 20.4 Å². The third kappa shape index (κ3) is 5.73. The zero-order valence-corrected chi connectivity index (χ0v) is 26.7. The average molecular weight is 577 g/mol. The predicted molar refractivity (Wildman–Crippen MR) is 161 cm³/mol. The fourth-order valence-electron chi connectivity index (χ4n) is 10.8. The number of aliphatic hydroxyl groups is 4. The summed E-state index contributed by atoms with van der Waals surface area (Å²) in [6, 6.07) is 0. The lowest BCUT2D eigenvalue weighted by Gasteiger charge is -2.58. The van der Waals surface area contributed by atoms with Crippen molar-refractivity contribution >= 4 is 0 Å². The van der Waals surface area contributed by atoms with E-state index in [0.29, 0.717) is 5.41 Å². The van der Waals surface area contributed by atoms with Gasteiger partial charge in [0.05, 0.1) is 12.7 Å². The molecule has 1 saturated heterocycles. The molecule has 0 aromatic heterocycles. The lowest BCUT2D eigenvalue weighted by atomic mass is 9.47. The number of aliphatic hydroxyl groups excluding tert-OH is 4. The van der Waals surface area contributed by atoms with Gasteiger partial charge in [-0.2, -0.15) is 0 Å². The minimum Gasteiger partial charge on any atom is -0.394 e. The van der Waals surface area contributed by atoms with Gasteiger partial charge in [0.15, 0.2) is 6.29 Å². The summed E-state index contributed by atoms with van der Waals surface area (Å²) in [4.78, 5) is 0. The molecule has 5 aliphatic rings. The van der Waals surface area contributed by atoms with E-state index in [1.807, 2.05) is 0 Å². The molecule has 4 aliphatic carbocycles. The number of allylic oxidation sites excluding steroid dienone is 1. The molecule has 1 aliphatic heterocycles. The Balaban J connectivity index is 1.24. The molecule has 1 unspecified atom stereocenters. The van der Waals surface area contributed by atoms with Crippen LogP contribution in [0.4, 0.5) is 0 Å². The molecule has 0 amide bonds. The highest BCUT2D eigenvalue weighted by molar-refractivity contribution is 5.25. The summed E-state index contributed by atoms with van der Waals surface area (Å²) in [6.07, 6.45) is 9.92. The van der Waals surface area contributed by atoms with Gasteiger partial charge in [-0.05, 0) is 110 Å². The summed E-state index contributed by atoms with van der Waals surface area (Å²) in [5.74, 6) is 5.66. The Bertz CT molecular complexity index is 918. The van der Waals surface area contributed by atoms with Gasteiger partial charge in [0.1, 0.15) is 24.4 Å². The van der Waals surface area contributed by atoms with E-state index in [4.69, 9.17) is 9.47 Å². The lowest BCUT2D eigenvalue weighted by Crippen LogP contribution is -2.60. The third-order valence-electron chi connectivity index (χ3n) is 13.5. The van der Waals surface area contributed by atoms with Gasteiger partial charge in [-0.3, -0.25) is 0 Å². The Hall–Kier alpha value is -0.500. The van der Waals surface area contributed by atoms with E-state index in [1.165, 1.54) is 56.9 Å². The molecule has 236 valence electrons. The van der Waals surface area contributed by atoms with Crippen molar-refractivity contribution in [2.24, 2.45) is 52.3 Å². The second kappa shape index (κ2) is 12.5. The van der Waals surface area contributed by atoms with Gasteiger partial charge >= 0.3 is 0 Å². The second-order valence-corrected chi connectivity index (χ2v) is 15.7. The zero-order valence-electron chi connectivity index (χ0n) is 26.7. The van der Waals surface area contributed by atoms with Crippen LogP contribution in [-0.4, -0.2) is 63.8 Å². The normalized spacial score (nSPS) is 47.7. The molecule has 3 saturated carbocycles. The molecule has 0 bridgehead atoms. The third-order valence-corrected chi connectivity index (χ3v) is 13.5. The van der Waals surface area contributed by atoms with Crippen LogP contribution >= 0.6 is 0 Å². The molecule has 0 spiro atoms. The van der Waals surface area contributed by atoms with Crippen LogP contribution < -0.4 is 0 Å². The highest BCUT2D eigenvalue weighted by atomic mass is 16.7. The minimum atomic E-state index is -1.40. The Morgan fingerprint density at radius 3 is 2.39 bits per heavy atom. The van der Waals surface area contributed by atoms with E-state index in [0.717, 1.165) is 60.7 Å². The van der Waals surface area contributed by atoms with Crippen LogP contribution in [0, 0.1) is 52.3 Å². The van der Waals surface area contributed by atoms with Gasteiger partial charge in [-0.15, -0.1) is 0 Å². The number of fused-ring (bicyclic) bond motifs is 5. The highest BCUT2D eigenvalue weighted by Crippen LogP contribution is 2.67. The van der Waals surface area contributed by atoms with Crippen molar-refractivity contribution in [1.82, 2.24) is 0 Å². The van der Waals surface area contributed by atoms with Crippen molar-refractivity contribution in [3.8, 4) is 0 Å². The van der Waals surface area contributed by atoms with E-state index >= 15 is 0 Å². The smallest absolute Gasteiger partial charge is 0.186 e. The Kier molecular flexibility index (Phi) is 9.71. The fourth-order valence-corrected chi connectivity index (χ4v) is 10.8. The summed E-state index contributed by atoms with van der Waals surface area (Å²) in [5.41, 5.74) is 2.19. The van der Waals surface area contributed by atoms with Gasteiger partial charge in [0.25, 0.3) is 0 Å². The first-order valence-electron chi connectivity index (χ1n) is 17.1. The average Bonchev–Trinajstić information content (AvgIpc) is 3.30. The molecule has 14 atom stereocenters. The molecule has 6 heteroatoms. The van der Waals surface area contributed by atoms with Crippen LogP contribution in [0.1, 0.15) is 112 Å². The molecule has 6 nitrogen and oxygen atoms in total. The first-order chi connectivity index (χ1) is 19.4. The summed E-state index contributed by atoms with van der Waals surface area (Å²) in [7, 11) is 0. The fraction of sp³-hybridized carbons (Fsp3) is 0.943. The van der Waals surface area contributed by atoms with Crippen LogP contribution in [0.25, 0.3) is 0 Å². The predicted octanol–water partition coefficient (Wildman–Crippen LogP) is 5.85. The van der Waals surface area contributed by atoms with Gasteiger partial charge in [0.2, 0.25) is 0 Å². The maximum Gasteiger partial charge on any atom is 0.186 e. The van der Waals surface area contributed by atoms with Crippen LogP contribution in [0.2, 0.25) is 0 Å². The topological polar surface area (TPSA) is 99.4 Å². The van der Waals surface area contributed by atoms with E-state index in [2.05, 4.69) is 47.6 Å². The number of ether oxygens (including phenoxy) is 2. The molecular formula is C35H60O6. The van der Waals surface area contributed by atoms with Crippen molar-refractivity contribution in [2.45, 2.75) is 149 Å². The van der Waals surface area contributed by atoms with Crippen molar-refractivity contribution in [3.05, 3.63) is 11.6 Å². The summed E-state index contributed by atoms with van der Waals surface area (Å²) >= 11 is 0. The molecule has 0 aromatic carbocycles. The minimum absolute atomic E-state index is 0.101. The molecule has 5 rings (SSSR count). The van der Waals surface area contributed by atoms with Gasteiger partial charge < -0.3 is 29.9 Å². The number of rotatable bonds is 9. The van der Waals surface area contributed by atoms with Gasteiger partial charge in [-0.1, -0.05) is 66.0 Å². The highest BCUT2D eigenvalue weighted by Gasteiger charge is 2.59. The van der Waals surface area contributed by atoms with E-state index in [-0.39, 0.29) is 11.5 Å². The Labute approximate surface area is 249 Å². The monoisotopic (exact) mass is 576 g/mol. The van der Waals surface area contributed by atoms with Crippen molar-refractivity contribution in [1.29, 1.82) is 0 Å². The standard InChI is InChI=1S/C35H60O6/c1-7-22(20(2)3)9-8-21(4)26-12-13-27-25-11-10-23-18-24(14-16-34(23,5)28(25)15-17-35(26,27)6)40-33-32(39)31(38)30(37)29(19-36)41-33/h10,20-22,24-33,36-39H,7-9,11-19H2,1-6H3/t21-,22?,24+,25+,26-,27+,28+,29-,30-,31+,32-,33+,34+,35-/m1/s1. The first-order valence-corrected chi connectivity index (χ1v) is 17.1. The second-order valence-electron chi connectivity index (χ2n) is 15.7. The SMILES string of the molecule is CCC(CC[C@@H](C)[C@H]1CC[C@H]2[C@@H]3CC=C4C[C@@H](O[C@H]5O[C@H](CO)[C@@H](O)[C@H](O)[C@H]5O)CC[C@]4(C)[C@H]3CC[C@]12C)C(C)C. The van der Waals surface area contributed by atoms with E-state index in [1.54, 1.807) is 0 Å². The molecule has 4 fully saturated rings. The lowest BCUT2D eigenvalue weighted by molar-refractivity contribution is -0.313. The Morgan fingerprint density at radius 1 is 0.951 bits per heavy atom. The van der Waals surface area contributed by atoms with Crippen LogP contribution in [0.15, 0.2) is 11.6 Å². The van der Waals surface area contributed by atoms with Crippen molar-refractivity contribution in [3.63, 3.8) is 0 Å². The summed E-state index contributed by atoms with van der Waals surface area (Å²) < 4.78 is 11.9. The maximum atomic E-state index is 10.5. The number of hydrogen-bond acceptors (Lipinski definition) is 6. The molecule has 41 heavy (non-hydrogen) atoms. The van der Waals surface area contributed by atoms with Crippen LogP contribution in [0.5, 0.6) is 0 Å². The summed E-state index contributed by atoms with van der Waals surface area (Å²) in [6.45, 7) is 14.5. The van der Waals surface area contributed by atoms with Crippen LogP contribution in [-0.2, 0) is 9.47 Å². The quantitative estimate of drug-likeness (QED) is 0.257. The van der Waals surface area contributed by atoms with Gasteiger partial charge in [0, 0.05) is 0 Å². The molecule has 0 radical (unpaired) electrons. The van der Waals surface area contributed by atoms with Crippen molar-refractivity contribution < 1.29 is 29.9 Å². The zero-order chi connectivity index (χ0) is 29.7. The van der Waals surface area contributed by atoms with Crippen LogP contribution in [0.3, 0.4) is 0 Å². The van der Waals surface area contributed by atoms with E-state index < -0.39 is 37.3 Å². The molecular weight excluding hydrogens is 516 g/mol. The first kappa shape index (κ1) is 31.9. The molecule has 1 heterocycles. The molecule has 0 aromatic rings. The largest absolute Gasteiger partial charge is 0.394 e. The van der Waals surface area contributed by atoms with Gasteiger partial charge in [-0.25, -0.2) is 0 Å². The number of hydrogen-bond donors (Lipinski definition) is 4. The van der Waals surface area contributed by atoms with Crippen molar-refractivity contribution in [2.75, 3.05) is 6.61 Å². The molecule has 4 N–H and O–H groups in total. The Morgan fingerprint density at radius 2 is 1.71 bits per heavy atom.